The molecule has 1 aromatic carbocycles. The Morgan fingerprint density at radius 1 is 1.14 bits per heavy atom. The summed E-state index contributed by atoms with van der Waals surface area (Å²) in [6.07, 6.45) is 1.03. The van der Waals surface area contributed by atoms with Crippen LogP contribution in [0.2, 0.25) is 0 Å². The lowest BCUT2D eigenvalue weighted by Gasteiger charge is -2.25. The van der Waals surface area contributed by atoms with E-state index in [4.69, 9.17) is 0 Å². The maximum Gasteiger partial charge on any atom is 0.173 e. The van der Waals surface area contributed by atoms with Gasteiger partial charge in [-0.1, -0.05) is 32.0 Å². The molecule has 1 heterocycles. The molecule has 0 saturated carbocycles. The molecular formula is C16H25N5. The minimum Gasteiger partial charge on any atom is -0.300 e. The van der Waals surface area contributed by atoms with Gasteiger partial charge >= 0.3 is 0 Å². The van der Waals surface area contributed by atoms with Crippen molar-refractivity contribution in [3.63, 3.8) is 0 Å². The van der Waals surface area contributed by atoms with Crippen molar-refractivity contribution in [1.29, 1.82) is 0 Å². The summed E-state index contributed by atoms with van der Waals surface area (Å²) in [7, 11) is 4.16. The maximum atomic E-state index is 4.31. The Hall–Kier alpha value is -1.75. The third-order valence-electron chi connectivity index (χ3n) is 3.76. The molecule has 0 spiro atoms. The summed E-state index contributed by atoms with van der Waals surface area (Å²) in [5, 5.41) is 12.5. The highest BCUT2D eigenvalue weighted by molar-refractivity contribution is 5.46. The van der Waals surface area contributed by atoms with Crippen LogP contribution in [0.25, 0.3) is 5.69 Å². The Labute approximate surface area is 127 Å². The van der Waals surface area contributed by atoms with Gasteiger partial charge in [-0.3, -0.25) is 4.90 Å². The lowest BCUT2D eigenvalue weighted by atomic mass is 10.0. The van der Waals surface area contributed by atoms with E-state index in [1.165, 1.54) is 11.1 Å². The molecule has 5 heteroatoms. The molecule has 0 aliphatic heterocycles. The predicted molar refractivity (Wildman–Crippen MR) is 84.5 cm³/mol. The first-order valence-corrected chi connectivity index (χ1v) is 7.43. The van der Waals surface area contributed by atoms with Crippen LogP contribution in [-0.4, -0.2) is 39.2 Å². The fraction of sp³-hybridized carbons (Fsp3) is 0.562. The Morgan fingerprint density at radius 2 is 1.76 bits per heavy atom. The fourth-order valence-corrected chi connectivity index (χ4v) is 2.69. The molecule has 114 valence electrons. The van der Waals surface area contributed by atoms with Crippen LogP contribution in [0.5, 0.6) is 0 Å². The second-order valence-electron chi connectivity index (χ2n) is 6.30. The van der Waals surface area contributed by atoms with Gasteiger partial charge in [0.05, 0.1) is 11.7 Å². The van der Waals surface area contributed by atoms with Crippen molar-refractivity contribution < 1.29 is 0 Å². The maximum absolute atomic E-state index is 4.31. The quantitative estimate of drug-likeness (QED) is 0.848. The number of aromatic nitrogens is 4. The average Bonchev–Trinajstić information content (AvgIpc) is 2.84. The molecule has 0 fully saturated rings. The number of para-hydroxylation sites is 1. The van der Waals surface area contributed by atoms with E-state index in [1.807, 2.05) is 4.68 Å². The first-order chi connectivity index (χ1) is 9.91. The van der Waals surface area contributed by atoms with E-state index in [9.17, 15) is 0 Å². The molecule has 2 aromatic rings. The molecule has 2 rings (SSSR count). The van der Waals surface area contributed by atoms with Gasteiger partial charge in [-0.25, -0.2) is 0 Å². The molecular weight excluding hydrogens is 262 g/mol. The molecule has 0 bridgehead atoms. The zero-order valence-electron chi connectivity index (χ0n) is 13.8. The first kappa shape index (κ1) is 15.6. The number of nitrogens with zero attached hydrogens (tertiary/aromatic N) is 5. The summed E-state index contributed by atoms with van der Waals surface area (Å²) in [6, 6.07) is 6.47. The van der Waals surface area contributed by atoms with Crippen molar-refractivity contribution in [3.8, 4) is 5.69 Å². The lowest BCUT2D eigenvalue weighted by molar-refractivity contribution is 0.244. The second kappa shape index (κ2) is 6.35. The van der Waals surface area contributed by atoms with E-state index in [-0.39, 0.29) is 6.04 Å². The van der Waals surface area contributed by atoms with Gasteiger partial charge in [0.1, 0.15) is 0 Å². The van der Waals surface area contributed by atoms with Crippen LogP contribution in [0.4, 0.5) is 0 Å². The zero-order chi connectivity index (χ0) is 15.6. The van der Waals surface area contributed by atoms with Crippen molar-refractivity contribution in [2.75, 3.05) is 14.1 Å². The van der Waals surface area contributed by atoms with Gasteiger partial charge in [0.15, 0.2) is 5.82 Å². The first-order valence-electron chi connectivity index (χ1n) is 7.43. The van der Waals surface area contributed by atoms with Crippen molar-refractivity contribution in [2.45, 2.75) is 40.2 Å². The van der Waals surface area contributed by atoms with E-state index in [2.05, 4.69) is 80.4 Å². The summed E-state index contributed by atoms with van der Waals surface area (Å²) in [6.45, 7) is 8.65. The van der Waals surface area contributed by atoms with Crippen LogP contribution in [0.1, 0.15) is 43.3 Å². The number of rotatable bonds is 5. The minimum atomic E-state index is 0.207. The normalized spacial score (nSPS) is 13.1. The number of tetrazole rings is 1. The SMILES string of the molecule is Cc1cccc(C)c1-n1nnnc1C(CC(C)C)N(C)C. The molecule has 0 aliphatic carbocycles. The van der Waals surface area contributed by atoms with Crippen LogP contribution in [0, 0.1) is 19.8 Å². The molecule has 1 atom stereocenters. The summed E-state index contributed by atoms with van der Waals surface area (Å²) in [5.41, 5.74) is 3.46. The molecule has 0 amide bonds. The van der Waals surface area contributed by atoms with Crippen molar-refractivity contribution in [1.82, 2.24) is 25.1 Å². The average molecular weight is 287 g/mol. The molecule has 21 heavy (non-hydrogen) atoms. The number of aryl methyl sites for hydroxylation is 2. The van der Waals surface area contributed by atoms with Gasteiger partial charge in [-0.15, -0.1) is 5.10 Å². The summed E-state index contributed by atoms with van der Waals surface area (Å²) in [4.78, 5) is 2.19. The van der Waals surface area contributed by atoms with Crippen LogP contribution < -0.4 is 0 Å². The van der Waals surface area contributed by atoms with Gasteiger partial charge < -0.3 is 0 Å². The van der Waals surface area contributed by atoms with E-state index >= 15 is 0 Å². The summed E-state index contributed by atoms with van der Waals surface area (Å²) in [5.74, 6) is 1.49. The van der Waals surface area contributed by atoms with E-state index < -0.39 is 0 Å². The molecule has 0 aliphatic rings. The lowest BCUT2D eigenvalue weighted by Crippen LogP contribution is -2.25. The third-order valence-corrected chi connectivity index (χ3v) is 3.76. The van der Waals surface area contributed by atoms with Gasteiger partial charge in [0.2, 0.25) is 0 Å². The Kier molecular flexibility index (Phi) is 4.73. The van der Waals surface area contributed by atoms with Crippen molar-refractivity contribution >= 4 is 0 Å². The van der Waals surface area contributed by atoms with Crippen LogP contribution >= 0.6 is 0 Å². The largest absolute Gasteiger partial charge is 0.300 e. The molecule has 1 aromatic heterocycles. The second-order valence-corrected chi connectivity index (χ2v) is 6.30. The monoisotopic (exact) mass is 287 g/mol. The Bertz CT molecular complexity index is 580. The van der Waals surface area contributed by atoms with Gasteiger partial charge in [0.25, 0.3) is 0 Å². The van der Waals surface area contributed by atoms with Gasteiger partial charge in [-0.2, -0.15) is 4.68 Å². The standard InChI is InChI=1S/C16H25N5/c1-11(2)10-14(20(5)6)16-17-18-19-21(16)15-12(3)8-7-9-13(15)4/h7-9,11,14H,10H2,1-6H3. The van der Waals surface area contributed by atoms with Crippen molar-refractivity contribution in [2.24, 2.45) is 5.92 Å². The zero-order valence-corrected chi connectivity index (χ0v) is 13.8. The van der Waals surface area contributed by atoms with E-state index in [0.29, 0.717) is 5.92 Å². The molecule has 5 nitrogen and oxygen atoms in total. The highest BCUT2D eigenvalue weighted by Crippen LogP contribution is 2.27. The minimum absolute atomic E-state index is 0.207. The summed E-state index contributed by atoms with van der Waals surface area (Å²) >= 11 is 0. The van der Waals surface area contributed by atoms with E-state index in [1.54, 1.807) is 0 Å². The smallest absolute Gasteiger partial charge is 0.173 e. The molecule has 1 unspecified atom stereocenters. The highest BCUT2D eigenvalue weighted by Gasteiger charge is 2.24. The number of hydrogen-bond donors (Lipinski definition) is 0. The van der Waals surface area contributed by atoms with Crippen LogP contribution in [0.3, 0.4) is 0 Å². The molecule has 0 N–H and O–H groups in total. The molecule has 0 radical (unpaired) electrons. The van der Waals surface area contributed by atoms with Crippen LogP contribution in [0.15, 0.2) is 18.2 Å². The van der Waals surface area contributed by atoms with E-state index in [0.717, 1.165) is 17.9 Å². The molecule has 0 saturated heterocycles. The van der Waals surface area contributed by atoms with Crippen LogP contribution in [-0.2, 0) is 0 Å². The van der Waals surface area contributed by atoms with Crippen molar-refractivity contribution in [3.05, 3.63) is 35.2 Å². The Morgan fingerprint density at radius 3 is 2.29 bits per heavy atom. The Balaban J connectivity index is 2.51. The summed E-state index contributed by atoms with van der Waals surface area (Å²) < 4.78 is 1.90. The van der Waals surface area contributed by atoms with Gasteiger partial charge in [-0.05, 0) is 61.8 Å². The highest BCUT2D eigenvalue weighted by atomic mass is 15.6. The third kappa shape index (κ3) is 3.29. The number of hydrogen-bond acceptors (Lipinski definition) is 4. The van der Waals surface area contributed by atoms with Gasteiger partial charge in [0, 0.05) is 0 Å². The fourth-order valence-electron chi connectivity index (χ4n) is 2.69. The predicted octanol–water partition coefficient (Wildman–Crippen LogP) is 2.93. The number of benzene rings is 1. The topological polar surface area (TPSA) is 46.8 Å².